The Morgan fingerprint density at radius 2 is 1.65 bits per heavy atom. The average Bonchev–Trinajstić information content (AvgIpc) is 2.32. The molecule has 0 aromatic heterocycles. The van der Waals surface area contributed by atoms with Gasteiger partial charge in [-0.1, -0.05) is 51.3 Å². The van der Waals surface area contributed by atoms with Crippen molar-refractivity contribution in [2.45, 2.75) is 6.04 Å². The Balaban J connectivity index is 2.39. The van der Waals surface area contributed by atoms with Gasteiger partial charge in [-0.3, -0.25) is 0 Å². The number of nitrogens with two attached hydrogens (primary N) is 1. The predicted molar refractivity (Wildman–Crippen MR) is 76.6 cm³/mol. The molecule has 0 aliphatic carbocycles. The molecule has 4 heteroatoms. The minimum Gasteiger partial charge on any atom is -0.320 e. The molecule has 0 saturated heterocycles. The van der Waals surface area contributed by atoms with E-state index in [1.165, 1.54) is 0 Å². The summed E-state index contributed by atoms with van der Waals surface area (Å²) in [6.07, 6.45) is 0. The van der Waals surface area contributed by atoms with E-state index in [1.807, 2.05) is 24.3 Å². The lowest BCUT2D eigenvalue weighted by Gasteiger charge is -2.14. The SMILES string of the molecule is NC(c1ccc(Br)cc1)c1cc(Cl)ccc1Cl. The molecule has 1 nitrogen and oxygen atoms in total. The molecule has 17 heavy (non-hydrogen) atoms. The van der Waals surface area contributed by atoms with Crippen LogP contribution in [0.15, 0.2) is 46.9 Å². The van der Waals surface area contributed by atoms with Crippen molar-refractivity contribution in [3.8, 4) is 0 Å². The molecule has 0 aliphatic rings. The van der Waals surface area contributed by atoms with Gasteiger partial charge in [0, 0.05) is 14.5 Å². The smallest absolute Gasteiger partial charge is 0.0566 e. The highest BCUT2D eigenvalue weighted by molar-refractivity contribution is 9.10. The number of hydrogen-bond acceptors (Lipinski definition) is 1. The second kappa shape index (κ2) is 5.40. The molecule has 2 N–H and O–H groups in total. The maximum atomic E-state index is 6.18. The molecular formula is C13H10BrCl2N. The van der Waals surface area contributed by atoms with Crippen molar-refractivity contribution in [1.29, 1.82) is 0 Å². The van der Waals surface area contributed by atoms with Crippen LogP contribution in [0.25, 0.3) is 0 Å². The van der Waals surface area contributed by atoms with Crippen LogP contribution in [0, 0.1) is 0 Å². The third kappa shape index (κ3) is 3.02. The first-order chi connectivity index (χ1) is 8.08. The van der Waals surface area contributed by atoms with Crippen LogP contribution < -0.4 is 5.73 Å². The Morgan fingerprint density at radius 3 is 2.29 bits per heavy atom. The molecule has 1 atom stereocenters. The minimum absolute atomic E-state index is 0.269. The fraction of sp³-hybridized carbons (Fsp3) is 0.0769. The quantitative estimate of drug-likeness (QED) is 0.840. The van der Waals surface area contributed by atoms with Gasteiger partial charge in [-0.25, -0.2) is 0 Å². The molecule has 1 unspecified atom stereocenters. The fourth-order valence-electron chi connectivity index (χ4n) is 1.60. The summed E-state index contributed by atoms with van der Waals surface area (Å²) in [7, 11) is 0. The zero-order chi connectivity index (χ0) is 12.4. The van der Waals surface area contributed by atoms with Gasteiger partial charge < -0.3 is 5.73 Å². The zero-order valence-corrected chi connectivity index (χ0v) is 11.9. The summed E-state index contributed by atoms with van der Waals surface area (Å²) in [6, 6.07) is 12.9. The largest absolute Gasteiger partial charge is 0.320 e. The lowest BCUT2D eigenvalue weighted by Crippen LogP contribution is -2.12. The van der Waals surface area contributed by atoms with Gasteiger partial charge in [-0.05, 0) is 41.5 Å². The summed E-state index contributed by atoms with van der Waals surface area (Å²) in [5.74, 6) is 0. The number of halogens is 3. The van der Waals surface area contributed by atoms with Crippen molar-refractivity contribution >= 4 is 39.1 Å². The first-order valence-corrected chi connectivity index (χ1v) is 6.59. The third-order valence-electron chi connectivity index (χ3n) is 2.52. The second-order valence-electron chi connectivity index (χ2n) is 3.70. The van der Waals surface area contributed by atoms with E-state index < -0.39 is 0 Å². The van der Waals surface area contributed by atoms with Gasteiger partial charge >= 0.3 is 0 Å². The van der Waals surface area contributed by atoms with Crippen molar-refractivity contribution in [3.63, 3.8) is 0 Å². The van der Waals surface area contributed by atoms with Crippen molar-refractivity contribution in [2.24, 2.45) is 5.73 Å². The van der Waals surface area contributed by atoms with Crippen LogP contribution in [0.1, 0.15) is 17.2 Å². The molecule has 2 aromatic rings. The number of benzene rings is 2. The molecule has 0 amide bonds. The van der Waals surface area contributed by atoms with Crippen LogP contribution in [-0.2, 0) is 0 Å². The van der Waals surface area contributed by atoms with Gasteiger partial charge in [0.15, 0.2) is 0 Å². The van der Waals surface area contributed by atoms with E-state index in [1.54, 1.807) is 18.2 Å². The Hall–Kier alpha value is -0.540. The summed E-state index contributed by atoms with van der Waals surface area (Å²) in [5.41, 5.74) is 8.01. The summed E-state index contributed by atoms with van der Waals surface area (Å²) < 4.78 is 1.02. The molecule has 0 spiro atoms. The van der Waals surface area contributed by atoms with Crippen molar-refractivity contribution in [1.82, 2.24) is 0 Å². The maximum absolute atomic E-state index is 6.18. The highest BCUT2D eigenvalue weighted by Gasteiger charge is 2.12. The Bertz CT molecular complexity index is 525. The normalized spacial score (nSPS) is 12.5. The molecule has 0 heterocycles. The van der Waals surface area contributed by atoms with Crippen LogP contribution in [0.4, 0.5) is 0 Å². The van der Waals surface area contributed by atoms with Gasteiger partial charge in [-0.2, -0.15) is 0 Å². The van der Waals surface area contributed by atoms with Crippen molar-refractivity contribution in [2.75, 3.05) is 0 Å². The maximum Gasteiger partial charge on any atom is 0.0566 e. The topological polar surface area (TPSA) is 26.0 Å². The van der Waals surface area contributed by atoms with Gasteiger partial charge in [0.2, 0.25) is 0 Å². The summed E-state index contributed by atoms with van der Waals surface area (Å²) in [5, 5.41) is 1.27. The fourth-order valence-corrected chi connectivity index (χ4v) is 2.28. The van der Waals surface area contributed by atoms with Gasteiger partial charge in [-0.15, -0.1) is 0 Å². The van der Waals surface area contributed by atoms with Crippen molar-refractivity contribution < 1.29 is 0 Å². The minimum atomic E-state index is -0.269. The number of rotatable bonds is 2. The van der Waals surface area contributed by atoms with Crippen LogP contribution in [0.3, 0.4) is 0 Å². The Kier molecular flexibility index (Phi) is 4.10. The van der Waals surface area contributed by atoms with E-state index in [2.05, 4.69) is 15.9 Å². The molecular weight excluding hydrogens is 321 g/mol. The summed E-state index contributed by atoms with van der Waals surface area (Å²) >= 11 is 15.5. The van der Waals surface area contributed by atoms with Crippen LogP contribution in [0.2, 0.25) is 10.0 Å². The molecule has 2 rings (SSSR count). The molecule has 0 fully saturated rings. The lowest BCUT2D eigenvalue weighted by atomic mass is 10.00. The van der Waals surface area contributed by atoms with E-state index in [4.69, 9.17) is 28.9 Å². The Labute approximate surface area is 119 Å². The zero-order valence-electron chi connectivity index (χ0n) is 8.83. The molecule has 2 aromatic carbocycles. The first-order valence-electron chi connectivity index (χ1n) is 5.04. The first kappa shape index (κ1) is 12.9. The van der Waals surface area contributed by atoms with E-state index in [0.29, 0.717) is 10.0 Å². The lowest BCUT2D eigenvalue weighted by molar-refractivity contribution is 0.871. The van der Waals surface area contributed by atoms with Crippen molar-refractivity contribution in [3.05, 3.63) is 68.1 Å². The van der Waals surface area contributed by atoms with Gasteiger partial charge in [0.05, 0.1) is 6.04 Å². The van der Waals surface area contributed by atoms with E-state index in [-0.39, 0.29) is 6.04 Å². The molecule has 0 aliphatic heterocycles. The predicted octanol–water partition coefficient (Wildman–Crippen LogP) is 4.80. The average molecular weight is 331 g/mol. The second-order valence-corrected chi connectivity index (χ2v) is 5.45. The highest BCUT2D eigenvalue weighted by atomic mass is 79.9. The van der Waals surface area contributed by atoms with E-state index >= 15 is 0 Å². The van der Waals surface area contributed by atoms with E-state index in [0.717, 1.165) is 15.6 Å². The molecule has 0 radical (unpaired) electrons. The van der Waals surface area contributed by atoms with Crippen LogP contribution in [0.5, 0.6) is 0 Å². The summed E-state index contributed by atoms with van der Waals surface area (Å²) in [4.78, 5) is 0. The molecule has 0 saturated carbocycles. The highest BCUT2D eigenvalue weighted by Crippen LogP contribution is 2.29. The van der Waals surface area contributed by atoms with Gasteiger partial charge in [0.25, 0.3) is 0 Å². The van der Waals surface area contributed by atoms with Crippen LogP contribution in [-0.4, -0.2) is 0 Å². The third-order valence-corrected chi connectivity index (χ3v) is 3.63. The van der Waals surface area contributed by atoms with Gasteiger partial charge in [0.1, 0.15) is 0 Å². The summed E-state index contributed by atoms with van der Waals surface area (Å²) in [6.45, 7) is 0. The standard InChI is InChI=1S/C13H10BrCl2N/c14-9-3-1-8(2-4-9)13(17)11-7-10(15)5-6-12(11)16/h1-7,13H,17H2. The van der Waals surface area contributed by atoms with Crippen LogP contribution >= 0.6 is 39.1 Å². The Morgan fingerprint density at radius 1 is 1.00 bits per heavy atom. The monoisotopic (exact) mass is 329 g/mol. The van der Waals surface area contributed by atoms with E-state index in [9.17, 15) is 0 Å². The molecule has 0 bridgehead atoms. The molecule has 88 valence electrons. The number of hydrogen-bond donors (Lipinski definition) is 1.